The van der Waals surface area contributed by atoms with Crippen molar-refractivity contribution in [3.8, 4) is 5.75 Å². The van der Waals surface area contributed by atoms with E-state index in [1.165, 1.54) is 29.8 Å². The van der Waals surface area contributed by atoms with Crippen LogP contribution in [0.25, 0.3) is 27.6 Å². The molecule has 42 heavy (non-hydrogen) atoms. The van der Waals surface area contributed by atoms with Crippen molar-refractivity contribution in [1.82, 2.24) is 19.5 Å². The van der Waals surface area contributed by atoms with Crippen LogP contribution in [0, 0.1) is 23.5 Å². The van der Waals surface area contributed by atoms with E-state index in [0.717, 1.165) is 6.07 Å². The fourth-order valence-electron chi connectivity index (χ4n) is 4.95. The van der Waals surface area contributed by atoms with Crippen LogP contribution in [0.15, 0.2) is 61.2 Å². The van der Waals surface area contributed by atoms with Crippen LogP contribution in [0.4, 0.5) is 17.6 Å². The molecule has 3 aromatic carbocycles. The molecule has 6 nitrogen and oxygen atoms in total. The number of hydrogen-bond donors (Lipinski definition) is 1. The van der Waals surface area contributed by atoms with Crippen molar-refractivity contribution < 1.29 is 27.1 Å². The van der Waals surface area contributed by atoms with E-state index >= 15 is 8.78 Å². The zero-order valence-corrected chi connectivity index (χ0v) is 23.6. The summed E-state index contributed by atoms with van der Waals surface area (Å²) in [4.78, 5) is 24.2. The molecule has 2 aromatic heterocycles. The summed E-state index contributed by atoms with van der Waals surface area (Å²) >= 11 is 0. The van der Waals surface area contributed by atoms with E-state index in [4.69, 9.17) is 4.74 Å². The summed E-state index contributed by atoms with van der Waals surface area (Å²) in [6.07, 6.45) is 0.586. The van der Waals surface area contributed by atoms with Crippen molar-refractivity contribution in [2.24, 2.45) is 18.9 Å². The molecular weight excluding hydrogens is 548 g/mol. The standard InChI is InChI=1S/C32H30F4N4O2/c1-17(2)24-15-22(34)16-26-28(24)39-30(37-26)32(35,36)31-38-25-11-6-20(14-27(25)40(31)5)29(41)19(4)18(3)12-13-42-23-9-7-21(33)8-10-23/h6-11,14-16,18-19H,1,12-13H2,2-5H3,(H,37,39). The van der Waals surface area contributed by atoms with E-state index in [0.29, 0.717) is 46.5 Å². The first-order valence-corrected chi connectivity index (χ1v) is 13.5. The fourth-order valence-corrected chi connectivity index (χ4v) is 4.95. The van der Waals surface area contributed by atoms with Crippen molar-refractivity contribution in [3.05, 3.63) is 95.6 Å². The number of rotatable bonds is 10. The van der Waals surface area contributed by atoms with Gasteiger partial charge in [0, 0.05) is 24.1 Å². The molecule has 1 N–H and O–H groups in total. The molecule has 0 fully saturated rings. The molecule has 218 valence electrons. The number of allylic oxidation sites excluding steroid dienone is 1. The van der Waals surface area contributed by atoms with Gasteiger partial charge in [-0.15, -0.1) is 0 Å². The van der Waals surface area contributed by atoms with Gasteiger partial charge in [0.2, 0.25) is 0 Å². The number of carbonyl (C=O) groups is 1. The Labute approximate surface area is 240 Å². The van der Waals surface area contributed by atoms with Crippen molar-refractivity contribution in [1.29, 1.82) is 0 Å². The Bertz CT molecular complexity index is 1810. The van der Waals surface area contributed by atoms with Crippen LogP contribution in [0.1, 0.15) is 54.8 Å². The molecule has 10 heteroatoms. The molecule has 2 heterocycles. The minimum atomic E-state index is -3.65. The molecule has 0 radical (unpaired) electrons. The van der Waals surface area contributed by atoms with Crippen LogP contribution in [-0.2, 0) is 13.0 Å². The number of hydrogen-bond acceptors (Lipinski definition) is 4. The Morgan fingerprint density at radius 2 is 1.76 bits per heavy atom. The maximum Gasteiger partial charge on any atom is 0.361 e. The second-order valence-electron chi connectivity index (χ2n) is 10.7. The van der Waals surface area contributed by atoms with Crippen LogP contribution >= 0.6 is 0 Å². The Kier molecular flexibility index (Phi) is 7.66. The molecule has 0 aliphatic rings. The van der Waals surface area contributed by atoms with Gasteiger partial charge in [0.05, 0.1) is 28.7 Å². The first kappa shape index (κ1) is 29.0. The van der Waals surface area contributed by atoms with Gasteiger partial charge < -0.3 is 14.3 Å². The van der Waals surface area contributed by atoms with Gasteiger partial charge in [-0.3, -0.25) is 4.79 Å². The Morgan fingerprint density at radius 1 is 1.05 bits per heavy atom. The highest BCUT2D eigenvalue weighted by molar-refractivity contribution is 6.00. The second kappa shape index (κ2) is 11.1. The van der Waals surface area contributed by atoms with E-state index in [2.05, 4.69) is 21.5 Å². The maximum atomic E-state index is 15.8. The Hall–Kier alpha value is -4.47. The van der Waals surface area contributed by atoms with Gasteiger partial charge >= 0.3 is 5.92 Å². The largest absolute Gasteiger partial charge is 0.494 e. The lowest BCUT2D eigenvalue weighted by molar-refractivity contribution is 0.0219. The highest BCUT2D eigenvalue weighted by Crippen LogP contribution is 2.37. The molecular formula is C32H30F4N4O2. The summed E-state index contributed by atoms with van der Waals surface area (Å²) in [5.74, 6) is -5.83. The number of Topliss-reactive ketones (excluding diaryl/α,β-unsaturated/α-hetero) is 1. The number of benzene rings is 3. The van der Waals surface area contributed by atoms with Crippen LogP contribution < -0.4 is 4.74 Å². The lowest BCUT2D eigenvalue weighted by Gasteiger charge is -2.19. The molecule has 0 spiro atoms. The van der Waals surface area contributed by atoms with E-state index in [1.54, 1.807) is 37.3 Å². The number of carbonyl (C=O) groups excluding carboxylic acids is 1. The third-order valence-corrected chi connectivity index (χ3v) is 7.68. The molecule has 0 aliphatic carbocycles. The van der Waals surface area contributed by atoms with Crippen LogP contribution in [-0.4, -0.2) is 31.9 Å². The molecule has 5 aromatic rings. The maximum absolute atomic E-state index is 15.8. The number of aromatic amines is 1. The number of halogens is 4. The van der Waals surface area contributed by atoms with E-state index in [9.17, 15) is 13.6 Å². The van der Waals surface area contributed by atoms with Crippen molar-refractivity contribution in [3.63, 3.8) is 0 Å². The van der Waals surface area contributed by atoms with E-state index in [-0.39, 0.29) is 34.5 Å². The van der Waals surface area contributed by atoms with Gasteiger partial charge in [0.15, 0.2) is 17.4 Å². The fraction of sp³-hybridized carbons (Fsp3) is 0.281. The van der Waals surface area contributed by atoms with E-state index in [1.807, 2.05) is 13.8 Å². The molecule has 0 amide bonds. The van der Waals surface area contributed by atoms with Crippen molar-refractivity contribution in [2.45, 2.75) is 33.1 Å². The summed E-state index contributed by atoms with van der Waals surface area (Å²) < 4.78 is 65.7. The number of imidazole rings is 2. The first-order chi connectivity index (χ1) is 19.9. The zero-order chi connectivity index (χ0) is 30.3. The average molecular weight is 579 g/mol. The molecule has 0 bridgehead atoms. The summed E-state index contributed by atoms with van der Waals surface area (Å²) in [7, 11) is 1.45. The number of fused-ring (bicyclic) bond motifs is 2. The van der Waals surface area contributed by atoms with Crippen LogP contribution in [0.5, 0.6) is 5.75 Å². The van der Waals surface area contributed by atoms with Crippen LogP contribution in [0.3, 0.4) is 0 Å². The monoisotopic (exact) mass is 578 g/mol. The highest BCUT2D eigenvalue weighted by Gasteiger charge is 2.43. The smallest absolute Gasteiger partial charge is 0.361 e. The minimum Gasteiger partial charge on any atom is -0.494 e. The molecule has 2 unspecified atom stereocenters. The third-order valence-electron chi connectivity index (χ3n) is 7.68. The Morgan fingerprint density at radius 3 is 2.45 bits per heavy atom. The minimum absolute atomic E-state index is 0.0397. The average Bonchev–Trinajstić information content (AvgIpc) is 3.54. The molecule has 0 saturated carbocycles. The first-order valence-electron chi connectivity index (χ1n) is 13.5. The van der Waals surface area contributed by atoms with Crippen molar-refractivity contribution in [2.75, 3.05) is 6.61 Å². The quantitative estimate of drug-likeness (QED) is 0.135. The Balaban J connectivity index is 1.37. The normalized spacial score (nSPS) is 13.4. The van der Waals surface area contributed by atoms with Gasteiger partial charge in [-0.05, 0) is 79.4 Å². The predicted molar refractivity (Wildman–Crippen MR) is 154 cm³/mol. The van der Waals surface area contributed by atoms with Gasteiger partial charge in [0.25, 0.3) is 0 Å². The second-order valence-corrected chi connectivity index (χ2v) is 10.7. The van der Waals surface area contributed by atoms with Gasteiger partial charge in [-0.2, -0.15) is 8.78 Å². The number of H-pyrrole nitrogens is 1. The van der Waals surface area contributed by atoms with Gasteiger partial charge in [-0.25, -0.2) is 18.7 Å². The summed E-state index contributed by atoms with van der Waals surface area (Å²) in [6, 6.07) is 12.7. The number of nitrogens with zero attached hydrogens (tertiary/aromatic N) is 3. The zero-order valence-electron chi connectivity index (χ0n) is 23.6. The van der Waals surface area contributed by atoms with E-state index < -0.39 is 23.4 Å². The van der Waals surface area contributed by atoms with Crippen molar-refractivity contribution >= 4 is 33.4 Å². The number of ketones is 1. The molecule has 2 atom stereocenters. The lowest BCUT2D eigenvalue weighted by atomic mass is 9.86. The number of aromatic nitrogens is 4. The third kappa shape index (κ3) is 5.41. The predicted octanol–water partition coefficient (Wildman–Crippen LogP) is 7.83. The molecule has 0 aliphatic heterocycles. The number of nitrogens with one attached hydrogen (secondary N) is 1. The summed E-state index contributed by atoms with van der Waals surface area (Å²) in [5, 5.41) is 0. The summed E-state index contributed by atoms with van der Waals surface area (Å²) in [6.45, 7) is 9.56. The molecule has 5 rings (SSSR count). The van der Waals surface area contributed by atoms with Gasteiger partial charge in [-0.1, -0.05) is 20.4 Å². The summed E-state index contributed by atoms with van der Waals surface area (Å²) in [5.41, 5.74) is 2.18. The highest BCUT2D eigenvalue weighted by atomic mass is 19.3. The number of aryl methyl sites for hydroxylation is 1. The SMILES string of the molecule is C=C(C)c1cc(F)cc2[nH]c(C(F)(F)c3nc4ccc(C(=O)C(C)C(C)CCOc5ccc(F)cc5)cc4n3C)nc12. The molecule has 0 saturated heterocycles. The lowest BCUT2D eigenvalue weighted by Crippen LogP contribution is -2.22. The topological polar surface area (TPSA) is 72.8 Å². The van der Waals surface area contributed by atoms with Crippen LogP contribution in [0.2, 0.25) is 0 Å². The van der Waals surface area contributed by atoms with Gasteiger partial charge in [0.1, 0.15) is 17.4 Å². The number of ether oxygens (including phenoxy) is 1. The number of alkyl halides is 2.